The van der Waals surface area contributed by atoms with Gasteiger partial charge in [-0.3, -0.25) is 4.98 Å². The average molecular weight is 324 g/mol. The third kappa shape index (κ3) is 4.24. The third-order valence-electron chi connectivity index (χ3n) is 3.83. The van der Waals surface area contributed by atoms with E-state index >= 15 is 0 Å². The van der Waals surface area contributed by atoms with Crippen molar-refractivity contribution >= 4 is 0 Å². The van der Waals surface area contributed by atoms with Gasteiger partial charge in [-0.25, -0.2) is 9.67 Å². The van der Waals surface area contributed by atoms with Gasteiger partial charge in [0.05, 0.1) is 12.6 Å². The van der Waals surface area contributed by atoms with Crippen molar-refractivity contribution in [1.29, 1.82) is 0 Å². The van der Waals surface area contributed by atoms with Crippen molar-refractivity contribution in [2.24, 2.45) is 0 Å². The molecule has 0 amide bonds. The van der Waals surface area contributed by atoms with E-state index in [0.717, 1.165) is 6.42 Å². The number of aliphatic hydroxyl groups excluding tert-OH is 2. The number of aliphatic hydroxyl groups is 2. The topological polar surface area (TPSA) is 84.1 Å². The Morgan fingerprint density at radius 2 is 1.75 bits per heavy atom. The highest BCUT2D eigenvalue weighted by molar-refractivity contribution is 5.19. The summed E-state index contributed by atoms with van der Waals surface area (Å²) in [6, 6.07) is 13.5. The van der Waals surface area contributed by atoms with Crippen molar-refractivity contribution in [3.8, 4) is 0 Å². The number of rotatable bonds is 7. The molecule has 2 unspecified atom stereocenters. The lowest BCUT2D eigenvalue weighted by Gasteiger charge is -2.10. The predicted molar refractivity (Wildman–Crippen MR) is 89.1 cm³/mol. The molecule has 2 aromatic heterocycles. The highest BCUT2D eigenvalue weighted by atomic mass is 16.3. The number of nitrogens with zero attached hydrogens (tertiary/aromatic N) is 4. The maximum atomic E-state index is 10.3. The second-order valence-electron chi connectivity index (χ2n) is 5.69. The molecule has 3 rings (SSSR count). The number of aromatic nitrogens is 4. The molecule has 6 heteroatoms. The highest BCUT2D eigenvalue weighted by Gasteiger charge is 2.16. The fourth-order valence-corrected chi connectivity index (χ4v) is 2.50. The van der Waals surface area contributed by atoms with E-state index in [9.17, 15) is 10.2 Å². The zero-order valence-electron chi connectivity index (χ0n) is 13.2. The summed E-state index contributed by atoms with van der Waals surface area (Å²) in [5.74, 6) is 0.316. The molecule has 2 atom stereocenters. The van der Waals surface area contributed by atoms with Gasteiger partial charge in [0, 0.05) is 12.4 Å². The van der Waals surface area contributed by atoms with E-state index in [4.69, 9.17) is 0 Å². The molecule has 0 saturated carbocycles. The lowest BCUT2D eigenvalue weighted by atomic mass is 10.1. The first-order chi connectivity index (χ1) is 11.7. The Hall–Kier alpha value is -2.57. The molecule has 0 radical (unpaired) electrons. The van der Waals surface area contributed by atoms with E-state index in [1.165, 1.54) is 11.9 Å². The molecule has 0 fully saturated rings. The minimum absolute atomic E-state index is 0.316. The van der Waals surface area contributed by atoms with Gasteiger partial charge in [0.25, 0.3) is 0 Å². The van der Waals surface area contributed by atoms with Crippen molar-refractivity contribution in [2.45, 2.75) is 31.6 Å². The summed E-state index contributed by atoms with van der Waals surface area (Å²) >= 11 is 0. The molecule has 0 spiro atoms. The Balaban J connectivity index is 1.55. The molecule has 0 aliphatic carbocycles. The van der Waals surface area contributed by atoms with Crippen molar-refractivity contribution in [1.82, 2.24) is 19.7 Å². The second kappa shape index (κ2) is 7.81. The van der Waals surface area contributed by atoms with Gasteiger partial charge in [-0.15, -0.1) is 0 Å². The normalized spacial score (nSPS) is 13.6. The average Bonchev–Trinajstić information content (AvgIpc) is 3.09. The molecule has 124 valence electrons. The first-order valence-electron chi connectivity index (χ1n) is 7.91. The second-order valence-corrected chi connectivity index (χ2v) is 5.69. The van der Waals surface area contributed by atoms with E-state index < -0.39 is 12.2 Å². The number of hydrogen-bond donors (Lipinski definition) is 2. The van der Waals surface area contributed by atoms with Crippen LogP contribution in [0.4, 0.5) is 0 Å². The fourth-order valence-electron chi connectivity index (χ4n) is 2.50. The Morgan fingerprint density at radius 3 is 2.50 bits per heavy atom. The number of pyridine rings is 1. The summed E-state index contributed by atoms with van der Waals surface area (Å²) in [5.41, 5.74) is 1.89. The van der Waals surface area contributed by atoms with Crippen LogP contribution < -0.4 is 0 Å². The minimum atomic E-state index is -0.893. The molecule has 0 bridgehead atoms. The Morgan fingerprint density at radius 1 is 1.00 bits per heavy atom. The summed E-state index contributed by atoms with van der Waals surface area (Å²) < 4.78 is 1.56. The molecule has 0 aliphatic heterocycles. The molecule has 2 N–H and O–H groups in total. The van der Waals surface area contributed by atoms with E-state index in [0.29, 0.717) is 24.4 Å². The van der Waals surface area contributed by atoms with Gasteiger partial charge in [0.1, 0.15) is 12.4 Å². The molecule has 0 aliphatic rings. The third-order valence-corrected chi connectivity index (χ3v) is 3.83. The van der Waals surface area contributed by atoms with Gasteiger partial charge in [-0.1, -0.05) is 30.3 Å². The van der Waals surface area contributed by atoms with E-state index in [2.05, 4.69) is 15.1 Å². The fraction of sp³-hybridized carbons (Fsp3) is 0.278. The highest BCUT2D eigenvalue weighted by Crippen LogP contribution is 2.17. The minimum Gasteiger partial charge on any atom is -0.391 e. The van der Waals surface area contributed by atoms with Crippen LogP contribution in [0, 0.1) is 0 Å². The van der Waals surface area contributed by atoms with Crippen LogP contribution in [0.25, 0.3) is 0 Å². The summed E-state index contributed by atoms with van der Waals surface area (Å²) in [6.45, 7) is 0.350. The summed E-state index contributed by atoms with van der Waals surface area (Å²) in [7, 11) is 0. The van der Waals surface area contributed by atoms with Crippen LogP contribution in [-0.4, -0.2) is 36.1 Å². The van der Waals surface area contributed by atoms with Crippen LogP contribution in [0.3, 0.4) is 0 Å². The maximum absolute atomic E-state index is 10.3. The number of aryl methyl sites for hydroxylation is 1. The van der Waals surface area contributed by atoms with Crippen LogP contribution >= 0.6 is 0 Å². The van der Waals surface area contributed by atoms with Gasteiger partial charge in [-0.2, -0.15) is 5.10 Å². The summed E-state index contributed by atoms with van der Waals surface area (Å²) in [6.07, 6.45) is 4.81. The largest absolute Gasteiger partial charge is 0.391 e. The van der Waals surface area contributed by atoms with Crippen LogP contribution in [-0.2, 0) is 13.0 Å². The molecular formula is C18H20N4O2. The van der Waals surface area contributed by atoms with Crippen molar-refractivity contribution in [3.05, 3.63) is 78.1 Å². The van der Waals surface area contributed by atoms with E-state index in [1.54, 1.807) is 29.2 Å². The lowest BCUT2D eigenvalue weighted by molar-refractivity contribution is 0.139. The molecule has 0 saturated heterocycles. The zero-order chi connectivity index (χ0) is 16.8. The van der Waals surface area contributed by atoms with Crippen LogP contribution in [0.1, 0.15) is 29.5 Å². The smallest absolute Gasteiger partial charge is 0.183 e. The monoisotopic (exact) mass is 324 g/mol. The molecule has 1 aromatic carbocycles. The maximum Gasteiger partial charge on any atom is 0.183 e. The van der Waals surface area contributed by atoms with Gasteiger partial charge < -0.3 is 10.2 Å². The first kappa shape index (κ1) is 16.3. The predicted octanol–water partition coefficient (Wildman–Crippen LogP) is 1.75. The van der Waals surface area contributed by atoms with Crippen LogP contribution in [0.5, 0.6) is 0 Å². The van der Waals surface area contributed by atoms with Gasteiger partial charge >= 0.3 is 0 Å². The van der Waals surface area contributed by atoms with Gasteiger partial charge in [-0.05, 0) is 36.1 Å². The zero-order valence-corrected chi connectivity index (χ0v) is 13.2. The Bertz CT molecular complexity index is 746. The molecule has 2 heterocycles. The SMILES string of the molecule is OC(CCc1ccccc1)Cn1cnc(C(O)c2ccncc2)n1. The van der Waals surface area contributed by atoms with Crippen LogP contribution in [0.15, 0.2) is 61.2 Å². The Kier molecular flexibility index (Phi) is 5.30. The lowest BCUT2D eigenvalue weighted by Crippen LogP contribution is -2.17. The van der Waals surface area contributed by atoms with Gasteiger partial charge in [0.15, 0.2) is 5.82 Å². The van der Waals surface area contributed by atoms with Gasteiger partial charge in [0.2, 0.25) is 0 Å². The summed E-state index contributed by atoms with van der Waals surface area (Å²) in [5, 5.41) is 24.7. The van der Waals surface area contributed by atoms with Crippen LogP contribution in [0.2, 0.25) is 0 Å². The quantitative estimate of drug-likeness (QED) is 0.692. The molecule has 3 aromatic rings. The number of hydrogen-bond acceptors (Lipinski definition) is 5. The Labute approximate surface area is 140 Å². The van der Waals surface area contributed by atoms with E-state index in [1.807, 2.05) is 30.3 Å². The van der Waals surface area contributed by atoms with Crippen molar-refractivity contribution in [2.75, 3.05) is 0 Å². The first-order valence-corrected chi connectivity index (χ1v) is 7.91. The molecule has 24 heavy (non-hydrogen) atoms. The standard InChI is InChI=1S/C18H20N4O2/c23-16(7-6-14-4-2-1-3-5-14)12-22-13-20-18(21-22)17(24)15-8-10-19-11-9-15/h1-5,8-11,13,16-17,23-24H,6-7,12H2. The molecular weight excluding hydrogens is 304 g/mol. The summed E-state index contributed by atoms with van der Waals surface area (Å²) in [4.78, 5) is 8.06. The van der Waals surface area contributed by atoms with Crippen molar-refractivity contribution in [3.63, 3.8) is 0 Å². The van der Waals surface area contributed by atoms with Crippen molar-refractivity contribution < 1.29 is 10.2 Å². The number of benzene rings is 1. The van der Waals surface area contributed by atoms with E-state index in [-0.39, 0.29) is 0 Å². The molecule has 6 nitrogen and oxygen atoms in total.